The van der Waals surface area contributed by atoms with E-state index in [1.807, 2.05) is 7.05 Å². The second kappa shape index (κ2) is 13.9. The molecule has 1 unspecified atom stereocenters. The number of hydrogen-bond donors (Lipinski definition) is 3. The largest absolute Gasteiger partial charge is 0.391 e. The van der Waals surface area contributed by atoms with Crippen molar-refractivity contribution in [1.82, 2.24) is 4.90 Å². The maximum atomic E-state index is 10.4. The zero-order valence-corrected chi connectivity index (χ0v) is 17.3. The molecule has 1 saturated carbocycles. The first kappa shape index (κ1) is 23.8. The first-order valence-corrected chi connectivity index (χ1v) is 10.9. The van der Waals surface area contributed by atoms with E-state index in [2.05, 4.69) is 18.7 Å². The quantitative estimate of drug-likeness (QED) is 0.385. The van der Waals surface area contributed by atoms with Crippen LogP contribution in [0.2, 0.25) is 0 Å². The summed E-state index contributed by atoms with van der Waals surface area (Å²) in [5.74, 6) is 0. The minimum Gasteiger partial charge on any atom is -0.391 e. The first-order chi connectivity index (χ1) is 12.5. The van der Waals surface area contributed by atoms with E-state index in [4.69, 9.17) is 4.74 Å². The minimum atomic E-state index is -0.662. The molecule has 0 spiro atoms. The molecule has 0 aromatic carbocycles. The molecule has 0 amide bonds. The topological polar surface area (TPSA) is 73.2 Å². The summed E-state index contributed by atoms with van der Waals surface area (Å²) >= 11 is 0. The predicted molar refractivity (Wildman–Crippen MR) is 106 cm³/mol. The van der Waals surface area contributed by atoms with Gasteiger partial charge in [0.15, 0.2) is 0 Å². The lowest BCUT2D eigenvalue weighted by Gasteiger charge is -2.32. The Hall–Kier alpha value is -0.200. The normalized spacial score (nSPS) is 27.3. The van der Waals surface area contributed by atoms with Gasteiger partial charge in [0.25, 0.3) is 0 Å². The Labute approximate surface area is 160 Å². The molecule has 0 aliphatic heterocycles. The number of unbranched alkanes of at least 4 members (excludes halogenated alkanes) is 7. The Morgan fingerprint density at radius 3 is 2.19 bits per heavy atom. The lowest BCUT2D eigenvalue weighted by Crippen LogP contribution is -2.48. The Morgan fingerprint density at radius 1 is 0.923 bits per heavy atom. The van der Waals surface area contributed by atoms with E-state index in [1.54, 1.807) is 0 Å². The summed E-state index contributed by atoms with van der Waals surface area (Å²) in [5.41, 5.74) is 0. The van der Waals surface area contributed by atoms with Crippen LogP contribution >= 0.6 is 0 Å². The summed E-state index contributed by atoms with van der Waals surface area (Å²) in [6.45, 7) is 5.52. The highest BCUT2D eigenvalue weighted by Gasteiger charge is 2.44. The van der Waals surface area contributed by atoms with Crippen molar-refractivity contribution in [2.45, 2.75) is 115 Å². The lowest BCUT2D eigenvalue weighted by atomic mass is 10.1. The van der Waals surface area contributed by atoms with Crippen LogP contribution in [0.3, 0.4) is 0 Å². The van der Waals surface area contributed by atoms with Gasteiger partial charge < -0.3 is 20.1 Å². The summed E-state index contributed by atoms with van der Waals surface area (Å²) < 4.78 is 5.88. The van der Waals surface area contributed by atoms with E-state index in [1.165, 1.54) is 38.5 Å². The summed E-state index contributed by atoms with van der Waals surface area (Å²) in [6.07, 6.45) is 9.55. The van der Waals surface area contributed by atoms with Crippen LogP contribution in [0.5, 0.6) is 0 Å². The molecule has 0 aromatic heterocycles. The molecule has 1 fully saturated rings. The van der Waals surface area contributed by atoms with Crippen molar-refractivity contribution < 1.29 is 20.1 Å². The monoisotopic (exact) mass is 373 g/mol. The zero-order chi connectivity index (χ0) is 19.4. The molecule has 5 atom stereocenters. The van der Waals surface area contributed by atoms with Crippen molar-refractivity contribution >= 4 is 0 Å². The number of aliphatic hydroxyl groups excluding tert-OH is 3. The molecule has 156 valence electrons. The van der Waals surface area contributed by atoms with Gasteiger partial charge in [0.2, 0.25) is 0 Å². The van der Waals surface area contributed by atoms with Crippen molar-refractivity contribution in [3.05, 3.63) is 0 Å². The number of rotatable bonds is 15. The molecule has 0 aromatic rings. The SMILES string of the molecule is CCCCCCCN(C)[C@@H]1[C@@H](OCC(O)CCCCCC)[C@@H](O)C[C@H]1O. The van der Waals surface area contributed by atoms with E-state index in [0.717, 1.165) is 32.2 Å². The summed E-state index contributed by atoms with van der Waals surface area (Å²) in [5, 5.41) is 30.8. The van der Waals surface area contributed by atoms with Gasteiger partial charge in [-0.3, -0.25) is 4.90 Å². The van der Waals surface area contributed by atoms with E-state index in [0.29, 0.717) is 6.42 Å². The van der Waals surface area contributed by atoms with Gasteiger partial charge in [-0.2, -0.15) is 0 Å². The Balaban J connectivity index is 2.38. The van der Waals surface area contributed by atoms with E-state index in [-0.39, 0.29) is 12.6 Å². The molecule has 5 nitrogen and oxygen atoms in total. The van der Waals surface area contributed by atoms with Crippen LogP contribution in [0.25, 0.3) is 0 Å². The fraction of sp³-hybridized carbons (Fsp3) is 1.00. The van der Waals surface area contributed by atoms with Crippen molar-refractivity contribution in [1.29, 1.82) is 0 Å². The summed E-state index contributed by atoms with van der Waals surface area (Å²) in [7, 11) is 2.00. The van der Waals surface area contributed by atoms with Gasteiger partial charge in [0.05, 0.1) is 31.0 Å². The first-order valence-electron chi connectivity index (χ1n) is 10.9. The predicted octanol–water partition coefficient (Wildman–Crippen LogP) is 3.10. The number of aliphatic hydroxyl groups is 3. The maximum Gasteiger partial charge on any atom is 0.102 e. The molecule has 1 aliphatic carbocycles. The molecule has 0 bridgehead atoms. The molecular weight excluding hydrogens is 330 g/mol. The number of hydrogen-bond acceptors (Lipinski definition) is 5. The second-order valence-electron chi connectivity index (χ2n) is 8.06. The molecule has 0 saturated heterocycles. The summed E-state index contributed by atoms with van der Waals surface area (Å²) in [6, 6.07) is -0.191. The van der Waals surface area contributed by atoms with E-state index >= 15 is 0 Å². The highest BCUT2D eigenvalue weighted by atomic mass is 16.5. The third-order valence-corrected chi connectivity index (χ3v) is 5.59. The van der Waals surface area contributed by atoms with E-state index < -0.39 is 24.4 Å². The third kappa shape index (κ3) is 8.66. The average molecular weight is 374 g/mol. The van der Waals surface area contributed by atoms with Gasteiger partial charge in [-0.1, -0.05) is 65.2 Å². The molecule has 26 heavy (non-hydrogen) atoms. The van der Waals surface area contributed by atoms with Crippen LogP contribution in [0.4, 0.5) is 0 Å². The lowest BCUT2D eigenvalue weighted by molar-refractivity contribution is -0.0834. The third-order valence-electron chi connectivity index (χ3n) is 5.59. The van der Waals surface area contributed by atoms with Crippen molar-refractivity contribution in [3.63, 3.8) is 0 Å². The van der Waals surface area contributed by atoms with Gasteiger partial charge in [-0.05, 0) is 26.4 Å². The Kier molecular flexibility index (Phi) is 12.7. The molecule has 5 heteroatoms. The molecule has 1 aliphatic rings. The Bertz CT molecular complexity index is 342. The van der Waals surface area contributed by atoms with Crippen LogP contribution in [0, 0.1) is 0 Å². The van der Waals surface area contributed by atoms with Gasteiger partial charge in [-0.25, -0.2) is 0 Å². The van der Waals surface area contributed by atoms with Crippen molar-refractivity contribution in [2.24, 2.45) is 0 Å². The second-order valence-corrected chi connectivity index (χ2v) is 8.06. The van der Waals surface area contributed by atoms with Crippen LogP contribution in [0.1, 0.15) is 84.5 Å². The van der Waals surface area contributed by atoms with E-state index in [9.17, 15) is 15.3 Å². The zero-order valence-electron chi connectivity index (χ0n) is 17.3. The van der Waals surface area contributed by atoms with Crippen molar-refractivity contribution in [3.8, 4) is 0 Å². The summed E-state index contributed by atoms with van der Waals surface area (Å²) in [4.78, 5) is 2.13. The van der Waals surface area contributed by atoms with Gasteiger partial charge in [0, 0.05) is 6.42 Å². The number of ether oxygens (including phenoxy) is 1. The Morgan fingerprint density at radius 2 is 1.54 bits per heavy atom. The van der Waals surface area contributed by atoms with Crippen molar-refractivity contribution in [2.75, 3.05) is 20.2 Å². The smallest absolute Gasteiger partial charge is 0.102 e. The van der Waals surface area contributed by atoms with Gasteiger partial charge in [0.1, 0.15) is 6.10 Å². The molecule has 1 rings (SSSR count). The fourth-order valence-electron chi connectivity index (χ4n) is 3.95. The number of likely N-dealkylation sites (N-methyl/N-ethyl adjacent to an activating group) is 1. The number of nitrogens with zero attached hydrogens (tertiary/aromatic N) is 1. The molecule has 3 N–H and O–H groups in total. The molecular formula is C21H43NO4. The standard InChI is InChI=1S/C21H43NO4/c1-4-6-8-10-12-14-22(3)20-18(24)15-19(25)21(20)26-16-17(23)13-11-9-7-5-2/h17-21,23-25H,4-16H2,1-3H3/t17?,18-,19+,20+,21+/m1/s1. The van der Waals surface area contributed by atoms with Crippen LogP contribution in [0.15, 0.2) is 0 Å². The fourth-order valence-corrected chi connectivity index (χ4v) is 3.95. The highest BCUT2D eigenvalue weighted by molar-refractivity contribution is 4.98. The molecule has 0 heterocycles. The van der Waals surface area contributed by atoms with Crippen LogP contribution in [-0.2, 0) is 4.74 Å². The minimum absolute atomic E-state index is 0.191. The molecule has 0 radical (unpaired) electrons. The van der Waals surface area contributed by atoms with Crippen LogP contribution < -0.4 is 0 Å². The maximum absolute atomic E-state index is 10.4. The highest BCUT2D eigenvalue weighted by Crippen LogP contribution is 2.28. The van der Waals surface area contributed by atoms with Gasteiger partial charge >= 0.3 is 0 Å². The van der Waals surface area contributed by atoms with Gasteiger partial charge in [-0.15, -0.1) is 0 Å². The average Bonchev–Trinajstić information content (AvgIpc) is 2.90. The van der Waals surface area contributed by atoms with Crippen LogP contribution in [-0.4, -0.2) is 70.9 Å².